The van der Waals surface area contributed by atoms with Crippen molar-refractivity contribution in [3.8, 4) is 11.5 Å². The molecule has 1 N–H and O–H groups in total. The van der Waals surface area contributed by atoms with E-state index in [2.05, 4.69) is 10.4 Å². The number of hydrogen-bond acceptors (Lipinski definition) is 4. The smallest absolute Gasteiger partial charge is 0.229 e. The molecule has 0 atom stereocenters. The second-order valence-electron chi connectivity index (χ2n) is 4.75. The van der Waals surface area contributed by atoms with Crippen LogP contribution in [-0.2, 0) is 18.3 Å². The molecule has 0 saturated heterocycles. The van der Waals surface area contributed by atoms with E-state index in [1.165, 1.54) is 0 Å². The summed E-state index contributed by atoms with van der Waals surface area (Å²) < 4.78 is 12.7. The fourth-order valence-electron chi connectivity index (χ4n) is 2.06. The zero-order valence-corrected chi connectivity index (χ0v) is 13.1. The molecule has 1 aromatic heterocycles. The Bertz CT molecular complexity index is 637. The minimum atomic E-state index is -0.120. The highest BCUT2D eigenvalue weighted by Crippen LogP contribution is 2.28. The van der Waals surface area contributed by atoms with Crippen molar-refractivity contribution in [2.24, 2.45) is 7.05 Å². The van der Waals surface area contributed by atoms with Gasteiger partial charge in [0.05, 0.1) is 19.6 Å². The van der Waals surface area contributed by atoms with Crippen LogP contribution >= 0.6 is 0 Å². The van der Waals surface area contributed by atoms with E-state index in [0.29, 0.717) is 30.5 Å². The molecule has 22 heavy (non-hydrogen) atoms. The van der Waals surface area contributed by atoms with Gasteiger partial charge in [-0.1, -0.05) is 6.07 Å². The number of nitrogens with one attached hydrogen (secondary N) is 1. The van der Waals surface area contributed by atoms with Crippen LogP contribution < -0.4 is 14.8 Å². The van der Waals surface area contributed by atoms with Crippen LogP contribution in [0, 0.1) is 0 Å². The Labute approximate surface area is 130 Å². The van der Waals surface area contributed by atoms with Crippen molar-refractivity contribution in [2.45, 2.75) is 20.3 Å². The van der Waals surface area contributed by atoms with Gasteiger partial charge in [-0.15, -0.1) is 0 Å². The molecule has 0 fully saturated rings. The topological polar surface area (TPSA) is 65.4 Å². The van der Waals surface area contributed by atoms with Gasteiger partial charge in [0, 0.05) is 19.3 Å². The summed E-state index contributed by atoms with van der Waals surface area (Å²) in [5.74, 6) is 1.78. The number of anilines is 1. The predicted octanol–water partition coefficient (Wildman–Crippen LogP) is 2.40. The molecule has 0 bridgehead atoms. The van der Waals surface area contributed by atoms with Gasteiger partial charge < -0.3 is 14.8 Å². The molecular formula is C16H21N3O3. The number of aromatic nitrogens is 2. The number of carbonyl (C=O) groups is 1. The van der Waals surface area contributed by atoms with Gasteiger partial charge in [0.1, 0.15) is 0 Å². The maximum atomic E-state index is 12.0. The normalized spacial score (nSPS) is 10.3. The van der Waals surface area contributed by atoms with Crippen molar-refractivity contribution in [3.05, 3.63) is 36.0 Å². The standard InChI is InChI=1S/C16H21N3O3/c1-4-21-13-7-6-12(10-14(13)22-5-2)11-16(20)17-15-8-9-19(3)18-15/h6-10H,4-5,11H2,1-3H3,(H,17,18,20). The molecule has 0 radical (unpaired) electrons. The number of amides is 1. The fourth-order valence-corrected chi connectivity index (χ4v) is 2.06. The summed E-state index contributed by atoms with van der Waals surface area (Å²) in [6.45, 7) is 4.95. The minimum absolute atomic E-state index is 0.120. The Hall–Kier alpha value is -2.50. The molecule has 0 saturated carbocycles. The second kappa shape index (κ2) is 7.49. The van der Waals surface area contributed by atoms with Gasteiger partial charge in [-0.25, -0.2) is 0 Å². The molecule has 118 valence electrons. The van der Waals surface area contributed by atoms with Crippen LogP contribution in [0.5, 0.6) is 11.5 Å². The Morgan fingerprint density at radius 3 is 2.55 bits per heavy atom. The van der Waals surface area contributed by atoms with Crippen LogP contribution in [-0.4, -0.2) is 28.9 Å². The van der Waals surface area contributed by atoms with Crippen molar-refractivity contribution in [1.29, 1.82) is 0 Å². The number of hydrogen-bond donors (Lipinski definition) is 1. The van der Waals surface area contributed by atoms with Gasteiger partial charge in [0.15, 0.2) is 17.3 Å². The van der Waals surface area contributed by atoms with Crippen LogP contribution in [0.4, 0.5) is 5.82 Å². The summed E-state index contributed by atoms with van der Waals surface area (Å²) in [6, 6.07) is 7.29. The highest BCUT2D eigenvalue weighted by Gasteiger charge is 2.10. The lowest BCUT2D eigenvalue weighted by molar-refractivity contribution is -0.115. The van der Waals surface area contributed by atoms with E-state index in [9.17, 15) is 4.79 Å². The zero-order chi connectivity index (χ0) is 15.9. The van der Waals surface area contributed by atoms with E-state index in [1.807, 2.05) is 32.0 Å². The number of ether oxygens (including phenoxy) is 2. The molecule has 0 aliphatic heterocycles. The second-order valence-corrected chi connectivity index (χ2v) is 4.75. The summed E-state index contributed by atoms with van der Waals surface area (Å²) in [7, 11) is 1.80. The number of rotatable bonds is 7. The molecule has 1 heterocycles. The van der Waals surface area contributed by atoms with E-state index < -0.39 is 0 Å². The van der Waals surface area contributed by atoms with Crippen LogP contribution in [0.15, 0.2) is 30.5 Å². The third kappa shape index (κ3) is 4.25. The molecule has 6 heteroatoms. The largest absolute Gasteiger partial charge is 0.490 e. The van der Waals surface area contributed by atoms with Gasteiger partial charge >= 0.3 is 0 Å². The first-order valence-electron chi connectivity index (χ1n) is 7.30. The summed E-state index contributed by atoms with van der Waals surface area (Å²) >= 11 is 0. The van der Waals surface area contributed by atoms with E-state index in [1.54, 1.807) is 24.0 Å². The van der Waals surface area contributed by atoms with Crippen molar-refractivity contribution < 1.29 is 14.3 Å². The van der Waals surface area contributed by atoms with Crippen molar-refractivity contribution in [3.63, 3.8) is 0 Å². The first kappa shape index (κ1) is 15.9. The first-order chi connectivity index (χ1) is 10.6. The quantitative estimate of drug-likeness (QED) is 0.853. The lowest BCUT2D eigenvalue weighted by Crippen LogP contribution is -2.15. The SMILES string of the molecule is CCOc1ccc(CC(=O)Nc2ccn(C)n2)cc1OCC. The molecule has 2 rings (SSSR count). The lowest BCUT2D eigenvalue weighted by atomic mass is 10.1. The van der Waals surface area contributed by atoms with Gasteiger partial charge in [-0.05, 0) is 31.5 Å². The highest BCUT2D eigenvalue weighted by molar-refractivity contribution is 5.91. The number of aryl methyl sites for hydroxylation is 1. The maximum absolute atomic E-state index is 12.0. The van der Waals surface area contributed by atoms with Gasteiger partial charge in [0.25, 0.3) is 0 Å². The van der Waals surface area contributed by atoms with Crippen LogP contribution in [0.3, 0.4) is 0 Å². The number of nitrogens with zero attached hydrogens (tertiary/aromatic N) is 2. The molecule has 0 aliphatic rings. The molecule has 2 aromatic rings. The zero-order valence-electron chi connectivity index (χ0n) is 13.1. The average molecular weight is 303 g/mol. The molecule has 0 unspecified atom stereocenters. The van der Waals surface area contributed by atoms with Crippen molar-refractivity contribution in [2.75, 3.05) is 18.5 Å². The van der Waals surface area contributed by atoms with Crippen LogP contribution in [0.25, 0.3) is 0 Å². The monoisotopic (exact) mass is 303 g/mol. The van der Waals surface area contributed by atoms with E-state index in [0.717, 1.165) is 5.56 Å². The predicted molar refractivity (Wildman–Crippen MR) is 84.3 cm³/mol. The molecular weight excluding hydrogens is 282 g/mol. The van der Waals surface area contributed by atoms with E-state index in [-0.39, 0.29) is 12.3 Å². The fraction of sp³-hybridized carbons (Fsp3) is 0.375. The molecule has 1 aromatic carbocycles. The van der Waals surface area contributed by atoms with Crippen molar-refractivity contribution in [1.82, 2.24) is 9.78 Å². The maximum Gasteiger partial charge on any atom is 0.229 e. The summed E-state index contributed by atoms with van der Waals surface area (Å²) in [5, 5.41) is 6.88. The van der Waals surface area contributed by atoms with Crippen LogP contribution in [0.2, 0.25) is 0 Å². The molecule has 1 amide bonds. The average Bonchev–Trinajstić information content (AvgIpc) is 2.87. The first-order valence-corrected chi connectivity index (χ1v) is 7.30. The van der Waals surface area contributed by atoms with E-state index >= 15 is 0 Å². The third-order valence-corrected chi connectivity index (χ3v) is 2.95. The highest BCUT2D eigenvalue weighted by atomic mass is 16.5. The van der Waals surface area contributed by atoms with Crippen LogP contribution in [0.1, 0.15) is 19.4 Å². The van der Waals surface area contributed by atoms with Gasteiger partial charge in [-0.3, -0.25) is 9.48 Å². The summed E-state index contributed by atoms with van der Waals surface area (Å²) in [4.78, 5) is 12.0. The lowest BCUT2D eigenvalue weighted by Gasteiger charge is -2.12. The van der Waals surface area contributed by atoms with Gasteiger partial charge in [0.2, 0.25) is 5.91 Å². The Kier molecular flexibility index (Phi) is 5.41. The van der Waals surface area contributed by atoms with Gasteiger partial charge in [-0.2, -0.15) is 5.10 Å². The van der Waals surface area contributed by atoms with E-state index in [4.69, 9.17) is 9.47 Å². The number of carbonyl (C=O) groups excluding carboxylic acids is 1. The summed E-state index contributed by atoms with van der Waals surface area (Å²) in [5.41, 5.74) is 0.861. The minimum Gasteiger partial charge on any atom is -0.490 e. The Morgan fingerprint density at radius 2 is 1.91 bits per heavy atom. The van der Waals surface area contributed by atoms with Crippen molar-refractivity contribution >= 4 is 11.7 Å². The summed E-state index contributed by atoms with van der Waals surface area (Å²) in [6.07, 6.45) is 2.03. The Morgan fingerprint density at radius 1 is 1.18 bits per heavy atom. The molecule has 6 nitrogen and oxygen atoms in total. The Balaban J connectivity index is 2.05. The molecule has 0 aliphatic carbocycles. The third-order valence-electron chi connectivity index (χ3n) is 2.95. The molecule has 0 spiro atoms. The number of benzene rings is 1.